The zero-order valence-electron chi connectivity index (χ0n) is 16.3. The second-order valence-corrected chi connectivity index (χ2v) is 8.29. The Labute approximate surface area is 161 Å². The molecule has 3 saturated heterocycles. The van der Waals surface area contributed by atoms with Crippen LogP contribution in [-0.2, 0) is 11.8 Å². The van der Waals surface area contributed by atoms with Crippen molar-refractivity contribution in [3.63, 3.8) is 0 Å². The Balaban J connectivity index is 1.30. The third-order valence-electron chi connectivity index (χ3n) is 6.44. The van der Waals surface area contributed by atoms with E-state index in [-0.39, 0.29) is 11.8 Å². The molecule has 1 atom stereocenters. The molecule has 0 saturated carbocycles. The largest absolute Gasteiger partial charge is 0.342 e. The van der Waals surface area contributed by atoms with E-state index in [2.05, 4.69) is 14.9 Å². The van der Waals surface area contributed by atoms with Gasteiger partial charge in [-0.2, -0.15) is 5.10 Å². The normalized spacial score (nSPS) is 25.1. The molecule has 0 radical (unpaired) electrons. The number of carbonyl (C=O) groups is 2. The Morgan fingerprint density at radius 3 is 2.37 bits per heavy atom. The molecular formula is C20H31N5O2. The lowest BCUT2D eigenvalue weighted by Gasteiger charge is -2.42. The Morgan fingerprint density at radius 1 is 0.963 bits per heavy atom. The first-order chi connectivity index (χ1) is 13.1. The van der Waals surface area contributed by atoms with Crippen LogP contribution in [0.4, 0.5) is 0 Å². The first kappa shape index (κ1) is 18.5. The zero-order chi connectivity index (χ0) is 18.8. The van der Waals surface area contributed by atoms with Gasteiger partial charge in [-0.15, -0.1) is 0 Å². The molecule has 4 rings (SSSR count). The quantitative estimate of drug-likeness (QED) is 0.803. The van der Waals surface area contributed by atoms with Gasteiger partial charge in [0.2, 0.25) is 5.91 Å². The highest BCUT2D eigenvalue weighted by Crippen LogP contribution is 2.26. The number of hydrogen-bond acceptors (Lipinski definition) is 4. The van der Waals surface area contributed by atoms with Gasteiger partial charge in [-0.1, -0.05) is 0 Å². The van der Waals surface area contributed by atoms with Gasteiger partial charge < -0.3 is 9.80 Å². The van der Waals surface area contributed by atoms with Crippen molar-refractivity contribution >= 4 is 11.8 Å². The molecule has 148 valence electrons. The van der Waals surface area contributed by atoms with Gasteiger partial charge in [0.25, 0.3) is 5.91 Å². The van der Waals surface area contributed by atoms with Gasteiger partial charge >= 0.3 is 0 Å². The molecule has 3 aliphatic heterocycles. The average molecular weight is 374 g/mol. The molecule has 7 nitrogen and oxygen atoms in total. The van der Waals surface area contributed by atoms with Crippen molar-refractivity contribution in [3.8, 4) is 0 Å². The molecule has 0 N–H and O–H groups in total. The van der Waals surface area contributed by atoms with Crippen LogP contribution in [0.25, 0.3) is 0 Å². The second-order valence-electron chi connectivity index (χ2n) is 8.29. The third-order valence-corrected chi connectivity index (χ3v) is 6.44. The van der Waals surface area contributed by atoms with Crippen LogP contribution in [0.1, 0.15) is 48.9 Å². The van der Waals surface area contributed by atoms with E-state index < -0.39 is 0 Å². The van der Waals surface area contributed by atoms with Crippen molar-refractivity contribution in [3.05, 3.63) is 18.0 Å². The van der Waals surface area contributed by atoms with E-state index in [9.17, 15) is 9.59 Å². The summed E-state index contributed by atoms with van der Waals surface area (Å²) in [6.07, 6.45) is 9.88. The Kier molecular flexibility index (Phi) is 5.48. The van der Waals surface area contributed by atoms with Crippen LogP contribution in [0.2, 0.25) is 0 Å². The van der Waals surface area contributed by atoms with Crippen molar-refractivity contribution in [1.29, 1.82) is 0 Å². The molecule has 0 spiro atoms. The van der Waals surface area contributed by atoms with Crippen molar-refractivity contribution < 1.29 is 9.59 Å². The number of likely N-dealkylation sites (tertiary alicyclic amines) is 3. The molecule has 7 heteroatoms. The number of hydrogen-bond donors (Lipinski definition) is 0. The smallest absolute Gasteiger partial charge is 0.257 e. The molecule has 3 fully saturated rings. The van der Waals surface area contributed by atoms with E-state index in [1.54, 1.807) is 17.1 Å². The highest BCUT2D eigenvalue weighted by molar-refractivity contribution is 5.93. The number of carbonyl (C=O) groups excluding carboxylic acids is 2. The Hall–Kier alpha value is -1.89. The highest BCUT2D eigenvalue weighted by atomic mass is 16.2. The predicted molar refractivity (Wildman–Crippen MR) is 102 cm³/mol. The summed E-state index contributed by atoms with van der Waals surface area (Å²) in [5.74, 6) is 0.635. The molecule has 4 heterocycles. The average Bonchev–Trinajstić information content (AvgIpc) is 3.39. The van der Waals surface area contributed by atoms with Gasteiger partial charge in [-0.05, 0) is 45.1 Å². The van der Waals surface area contributed by atoms with Crippen LogP contribution in [0.3, 0.4) is 0 Å². The highest BCUT2D eigenvalue weighted by Gasteiger charge is 2.34. The van der Waals surface area contributed by atoms with Crippen LogP contribution in [0.15, 0.2) is 12.4 Å². The van der Waals surface area contributed by atoms with Crippen LogP contribution in [-0.4, -0.2) is 81.6 Å². The molecular weight excluding hydrogens is 342 g/mol. The van der Waals surface area contributed by atoms with Crippen LogP contribution >= 0.6 is 0 Å². The van der Waals surface area contributed by atoms with Gasteiger partial charge in [0.15, 0.2) is 0 Å². The Morgan fingerprint density at radius 2 is 1.70 bits per heavy atom. The number of rotatable bonds is 3. The van der Waals surface area contributed by atoms with E-state index in [0.29, 0.717) is 17.5 Å². The number of piperidine rings is 2. The standard InChI is InChI=1S/C20H31N5O2/c1-22-14-17(13-21-22)20(27)24-11-6-18(7-12-24)25-10-4-5-16(15-25)19(26)23-8-2-3-9-23/h13-14,16,18H,2-12,15H2,1H3. The molecule has 0 aliphatic carbocycles. The topological polar surface area (TPSA) is 61.7 Å². The predicted octanol–water partition coefficient (Wildman–Crippen LogP) is 1.36. The summed E-state index contributed by atoms with van der Waals surface area (Å²) in [6, 6.07) is 0.497. The SMILES string of the molecule is Cn1cc(C(=O)N2CCC(N3CCCC(C(=O)N4CCCC4)C3)CC2)cn1. The number of amides is 2. The lowest BCUT2D eigenvalue weighted by atomic mass is 9.93. The van der Waals surface area contributed by atoms with Gasteiger partial charge in [-0.25, -0.2) is 0 Å². The number of aryl methyl sites for hydroxylation is 1. The summed E-state index contributed by atoms with van der Waals surface area (Å²) in [4.78, 5) is 31.9. The van der Waals surface area contributed by atoms with Crippen molar-refractivity contribution in [2.45, 2.75) is 44.6 Å². The van der Waals surface area contributed by atoms with Crippen LogP contribution in [0.5, 0.6) is 0 Å². The lowest BCUT2D eigenvalue weighted by molar-refractivity contribution is -0.136. The molecule has 27 heavy (non-hydrogen) atoms. The molecule has 3 aliphatic rings. The van der Waals surface area contributed by atoms with E-state index in [4.69, 9.17) is 0 Å². The van der Waals surface area contributed by atoms with Gasteiger partial charge in [-0.3, -0.25) is 19.2 Å². The summed E-state index contributed by atoms with van der Waals surface area (Å²) in [6.45, 7) is 5.47. The minimum Gasteiger partial charge on any atom is -0.342 e. The molecule has 0 bridgehead atoms. The molecule has 0 aromatic carbocycles. The van der Waals surface area contributed by atoms with E-state index in [1.807, 2.05) is 11.9 Å². The molecule has 1 aromatic rings. The maximum atomic E-state index is 12.8. The first-order valence-electron chi connectivity index (χ1n) is 10.4. The van der Waals surface area contributed by atoms with Gasteiger partial charge in [0.1, 0.15) is 0 Å². The maximum absolute atomic E-state index is 12.8. The fourth-order valence-corrected chi connectivity index (χ4v) is 4.88. The number of nitrogens with zero attached hydrogens (tertiary/aromatic N) is 5. The van der Waals surface area contributed by atoms with Gasteiger partial charge in [0.05, 0.1) is 17.7 Å². The summed E-state index contributed by atoms with van der Waals surface area (Å²) >= 11 is 0. The minimum absolute atomic E-state index is 0.0854. The molecule has 2 amide bonds. The molecule has 1 unspecified atom stereocenters. The van der Waals surface area contributed by atoms with Crippen molar-refractivity contribution in [2.24, 2.45) is 13.0 Å². The minimum atomic E-state index is 0.0854. The van der Waals surface area contributed by atoms with E-state index in [1.165, 1.54) is 0 Å². The number of aromatic nitrogens is 2. The lowest BCUT2D eigenvalue weighted by Crippen LogP contribution is -2.51. The Bertz CT molecular complexity index is 674. The maximum Gasteiger partial charge on any atom is 0.257 e. The summed E-state index contributed by atoms with van der Waals surface area (Å²) < 4.78 is 1.67. The van der Waals surface area contributed by atoms with Crippen molar-refractivity contribution in [2.75, 3.05) is 39.3 Å². The first-order valence-corrected chi connectivity index (χ1v) is 10.4. The summed E-state index contributed by atoms with van der Waals surface area (Å²) in [5, 5.41) is 4.10. The second kappa shape index (κ2) is 8.00. The third kappa shape index (κ3) is 4.03. The van der Waals surface area contributed by atoms with Crippen LogP contribution in [0, 0.1) is 5.92 Å². The van der Waals surface area contributed by atoms with Gasteiger partial charge in [0, 0.05) is 52.0 Å². The monoisotopic (exact) mass is 373 g/mol. The van der Waals surface area contributed by atoms with Crippen molar-refractivity contribution in [1.82, 2.24) is 24.5 Å². The van der Waals surface area contributed by atoms with E-state index in [0.717, 1.165) is 77.8 Å². The fourth-order valence-electron chi connectivity index (χ4n) is 4.88. The summed E-state index contributed by atoms with van der Waals surface area (Å²) in [5.41, 5.74) is 0.671. The van der Waals surface area contributed by atoms with Crippen LogP contribution < -0.4 is 0 Å². The van der Waals surface area contributed by atoms with E-state index >= 15 is 0 Å². The summed E-state index contributed by atoms with van der Waals surface area (Å²) in [7, 11) is 1.83. The fraction of sp³-hybridized carbons (Fsp3) is 0.750. The molecule has 1 aromatic heterocycles. The zero-order valence-corrected chi connectivity index (χ0v) is 16.3.